The zero-order chi connectivity index (χ0) is 21.9. The summed E-state index contributed by atoms with van der Waals surface area (Å²) in [5.74, 6) is 5.59. The van der Waals surface area contributed by atoms with E-state index < -0.39 is 11.5 Å². The average molecular weight is 412 g/mol. The number of likely N-dealkylation sites (tertiary alicyclic amines) is 1. The van der Waals surface area contributed by atoms with E-state index >= 15 is 0 Å². The molecule has 0 radical (unpaired) electrons. The molecule has 3 N–H and O–H groups in total. The molecule has 2 heterocycles. The third-order valence-electron chi connectivity index (χ3n) is 4.93. The van der Waals surface area contributed by atoms with Crippen LogP contribution in [0.1, 0.15) is 49.0 Å². The lowest BCUT2D eigenvalue weighted by Crippen LogP contribution is -2.35. The smallest absolute Gasteiger partial charge is 0.410 e. The summed E-state index contributed by atoms with van der Waals surface area (Å²) in [6.45, 7) is 6.83. The van der Waals surface area contributed by atoms with Gasteiger partial charge in [-0.1, -0.05) is 0 Å². The number of amides is 2. The van der Waals surface area contributed by atoms with E-state index in [-0.39, 0.29) is 12.0 Å². The number of carbonyl (C=O) groups is 2. The number of nitrogens with zero attached hydrogens (tertiary/aromatic N) is 2. The van der Waals surface area contributed by atoms with Crippen molar-refractivity contribution in [1.82, 2.24) is 15.3 Å². The Kier molecular flexibility index (Phi) is 6.26. The summed E-state index contributed by atoms with van der Waals surface area (Å²) in [5, 5.41) is 0. The largest absolute Gasteiger partial charge is 0.497 e. The highest BCUT2D eigenvalue weighted by Crippen LogP contribution is 2.31. The maximum absolute atomic E-state index is 12.4. The van der Waals surface area contributed by atoms with Crippen molar-refractivity contribution in [1.29, 1.82) is 0 Å². The molecular weight excluding hydrogens is 384 g/mol. The van der Waals surface area contributed by atoms with Gasteiger partial charge in [0.1, 0.15) is 11.4 Å². The summed E-state index contributed by atoms with van der Waals surface area (Å²) in [4.78, 5) is 30.5. The number of rotatable bonds is 4. The standard InChI is InChI=1S/C22H28N4O4/c1-22(2,3)30-21(28)26-8-6-15(13-26)14-5-7-24-19(12-14)16-9-17(20(27)25-23)11-18(10-16)29-4/h5,7,9-12,15H,6,8,13,23H2,1-4H3,(H,25,27). The minimum Gasteiger partial charge on any atom is -0.497 e. The summed E-state index contributed by atoms with van der Waals surface area (Å²) >= 11 is 0. The molecule has 1 aromatic carbocycles. The van der Waals surface area contributed by atoms with Crippen LogP contribution in [0.2, 0.25) is 0 Å². The fraction of sp³-hybridized carbons (Fsp3) is 0.409. The van der Waals surface area contributed by atoms with Crippen LogP contribution in [0.3, 0.4) is 0 Å². The number of hydrogen-bond donors (Lipinski definition) is 2. The van der Waals surface area contributed by atoms with Crippen LogP contribution in [-0.2, 0) is 4.74 Å². The molecule has 1 aliphatic rings. The van der Waals surface area contributed by atoms with Gasteiger partial charge >= 0.3 is 6.09 Å². The molecule has 0 saturated carbocycles. The van der Waals surface area contributed by atoms with Gasteiger partial charge in [0, 0.05) is 36.3 Å². The van der Waals surface area contributed by atoms with Gasteiger partial charge in [0.25, 0.3) is 5.91 Å². The first-order valence-corrected chi connectivity index (χ1v) is 9.84. The van der Waals surface area contributed by atoms with Crippen LogP contribution >= 0.6 is 0 Å². The Balaban J connectivity index is 1.82. The number of nitrogens with one attached hydrogen (secondary N) is 1. The molecule has 1 fully saturated rings. The highest BCUT2D eigenvalue weighted by atomic mass is 16.6. The number of nitrogens with two attached hydrogens (primary N) is 1. The molecule has 3 rings (SSSR count). The second-order valence-electron chi connectivity index (χ2n) is 8.31. The molecule has 160 valence electrons. The Morgan fingerprint density at radius 1 is 1.23 bits per heavy atom. The molecule has 1 saturated heterocycles. The van der Waals surface area contributed by atoms with Gasteiger partial charge in [0.05, 0.1) is 12.8 Å². The van der Waals surface area contributed by atoms with E-state index in [4.69, 9.17) is 15.3 Å². The molecule has 0 aliphatic carbocycles. The van der Waals surface area contributed by atoms with E-state index in [1.54, 1.807) is 23.2 Å². The van der Waals surface area contributed by atoms with E-state index in [9.17, 15) is 9.59 Å². The van der Waals surface area contributed by atoms with Crippen LogP contribution in [0.5, 0.6) is 5.75 Å². The van der Waals surface area contributed by atoms with Crippen LogP contribution in [0.15, 0.2) is 36.5 Å². The van der Waals surface area contributed by atoms with E-state index in [1.807, 2.05) is 39.0 Å². The molecule has 2 amide bonds. The van der Waals surface area contributed by atoms with Gasteiger partial charge in [-0.3, -0.25) is 15.2 Å². The van der Waals surface area contributed by atoms with Crippen molar-refractivity contribution >= 4 is 12.0 Å². The molecule has 1 atom stereocenters. The molecule has 30 heavy (non-hydrogen) atoms. The first-order valence-electron chi connectivity index (χ1n) is 9.84. The van der Waals surface area contributed by atoms with Crippen molar-refractivity contribution < 1.29 is 19.1 Å². The van der Waals surface area contributed by atoms with Crippen molar-refractivity contribution in [2.24, 2.45) is 5.84 Å². The first kappa shape index (κ1) is 21.6. The second kappa shape index (κ2) is 8.71. The highest BCUT2D eigenvalue weighted by Gasteiger charge is 2.30. The predicted molar refractivity (Wildman–Crippen MR) is 113 cm³/mol. The first-order chi connectivity index (χ1) is 14.2. The van der Waals surface area contributed by atoms with Gasteiger partial charge in [-0.15, -0.1) is 0 Å². The zero-order valence-corrected chi connectivity index (χ0v) is 17.8. The van der Waals surface area contributed by atoms with E-state index in [2.05, 4.69) is 10.4 Å². The minimum atomic E-state index is -0.515. The fourth-order valence-electron chi connectivity index (χ4n) is 3.46. The maximum atomic E-state index is 12.4. The Hall–Kier alpha value is -3.13. The van der Waals surface area contributed by atoms with E-state index in [0.717, 1.165) is 17.5 Å². The highest BCUT2D eigenvalue weighted by molar-refractivity contribution is 5.95. The maximum Gasteiger partial charge on any atom is 0.410 e. The van der Waals surface area contributed by atoms with Crippen LogP contribution in [-0.4, -0.2) is 47.7 Å². The number of nitrogen functional groups attached to an aromatic ring is 1. The fourth-order valence-corrected chi connectivity index (χ4v) is 3.46. The van der Waals surface area contributed by atoms with Crippen molar-refractivity contribution in [3.8, 4) is 17.0 Å². The van der Waals surface area contributed by atoms with Gasteiger partial charge < -0.3 is 14.4 Å². The zero-order valence-electron chi connectivity index (χ0n) is 17.8. The molecule has 8 nitrogen and oxygen atoms in total. The van der Waals surface area contributed by atoms with Gasteiger partial charge in [0.15, 0.2) is 0 Å². The van der Waals surface area contributed by atoms with E-state index in [1.165, 1.54) is 7.11 Å². The summed E-state index contributed by atoms with van der Waals surface area (Å²) in [6.07, 6.45) is 2.30. The number of carbonyl (C=O) groups excluding carboxylic acids is 2. The Labute approximate surface area is 176 Å². The quantitative estimate of drug-likeness (QED) is 0.454. The lowest BCUT2D eigenvalue weighted by atomic mass is 9.97. The number of pyridine rings is 1. The van der Waals surface area contributed by atoms with Crippen LogP contribution < -0.4 is 16.0 Å². The Bertz CT molecular complexity index is 939. The molecular formula is C22H28N4O4. The van der Waals surface area contributed by atoms with Crippen molar-refractivity contribution in [3.63, 3.8) is 0 Å². The molecule has 1 unspecified atom stereocenters. The minimum absolute atomic E-state index is 0.191. The van der Waals surface area contributed by atoms with Crippen molar-refractivity contribution in [2.45, 2.75) is 38.7 Å². The Morgan fingerprint density at radius 2 is 2.00 bits per heavy atom. The van der Waals surface area contributed by atoms with Gasteiger partial charge in [0.2, 0.25) is 0 Å². The predicted octanol–water partition coefficient (Wildman–Crippen LogP) is 3.09. The molecule has 0 spiro atoms. The van der Waals surface area contributed by atoms with Crippen molar-refractivity contribution in [3.05, 3.63) is 47.7 Å². The number of methoxy groups -OCH3 is 1. The lowest BCUT2D eigenvalue weighted by molar-refractivity contribution is 0.0292. The normalized spacial score (nSPS) is 16.3. The third kappa shape index (κ3) is 5.07. The number of hydrazine groups is 1. The summed E-state index contributed by atoms with van der Waals surface area (Å²) < 4.78 is 10.8. The number of hydrogen-bond acceptors (Lipinski definition) is 6. The third-order valence-corrected chi connectivity index (χ3v) is 4.93. The topological polar surface area (TPSA) is 107 Å². The van der Waals surface area contributed by atoms with Crippen LogP contribution in [0.25, 0.3) is 11.3 Å². The number of benzene rings is 1. The van der Waals surface area contributed by atoms with Gasteiger partial charge in [-0.2, -0.15) is 0 Å². The lowest BCUT2D eigenvalue weighted by Gasteiger charge is -2.24. The van der Waals surface area contributed by atoms with Gasteiger partial charge in [-0.05, 0) is 63.1 Å². The van der Waals surface area contributed by atoms with Crippen LogP contribution in [0.4, 0.5) is 4.79 Å². The van der Waals surface area contributed by atoms with Crippen molar-refractivity contribution in [2.75, 3.05) is 20.2 Å². The monoisotopic (exact) mass is 412 g/mol. The summed E-state index contributed by atoms with van der Waals surface area (Å²) in [7, 11) is 1.54. The SMILES string of the molecule is COc1cc(C(=O)NN)cc(-c2cc(C3CCN(C(=O)OC(C)(C)C)C3)ccn2)c1. The van der Waals surface area contributed by atoms with E-state index in [0.29, 0.717) is 30.1 Å². The molecule has 2 aromatic rings. The second-order valence-corrected chi connectivity index (χ2v) is 8.31. The molecule has 0 bridgehead atoms. The van der Waals surface area contributed by atoms with Gasteiger partial charge in [-0.25, -0.2) is 10.6 Å². The Morgan fingerprint density at radius 3 is 2.67 bits per heavy atom. The number of ether oxygens (including phenoxy) is 2. The number of aromatic nitrogens is 1. The van der Waals surface area contributed by atoms with Crippen LogP contribution in [0, 0.1) is 0 Å². The summed E-state index contributed by atoms with van der Waals surface area (Å²) in [5.41, 5.74) is 4.55. The molecule has 8 heteroatoms. The molecule has 1 aliphatic heterocycles. The molecule has 1 aromatic heterocycles. The average Bonchev–Trinajstić information content (AvgIpc) is 3.22. The summed E-state index contributed by atoms with van der Waals surface area (Å²) in [6, 6.07) is 9.10.